The van der Waals surface area contributed by atoms with E-state index in [1.54, 1.807) is 0 Å². The van der Waals surface area contributed by atoms with Gasteiger partial charge in [0.2, 0.25) is 0 Å². The molecule has 4 heteroatoms. The van der Waals surface area contributed by atoms with Crippen LogP contribution in [0.2, 0.25) is 0 Å². The molecule has 0 aliphatic heterocycles. The summed E-state index contributed by atoms with van der Waals surface area (Å²) in [6.45, 7) is 2.24. The van der Waals surface area contributed by atoms with Crippen molar-refractivity contribution in [3.05, 3.63) is 12.2 Å². The summed E-state index contributed by atoms with van der Waals surface area (Å²) in [6, 6.07) is 0. The minimum absolute atomic E-state index is 0.235. The molecule has 0 rings (SSSR count). The molecule has 0 bridgehead atoms. The smallest absolute Gasteiger partial charge is 0.317 e. The van der Waals surface area contributed by atoms with Gasteiger partial charge in [0.15, 0.2) is 5.92 Å². The first-order chi connectivity index (χ1) is 11.1. The molecule has 0 heterocycles. The van der Waals surface area contributed by atoms with Crippen molar-refractivity contribution in [2.45, 2.75) is 90.4 Å². The molecular weight excluding hydrogens is 292 g/mol. The fourth-order valence-corrected chi connectivity index (χ4v) is 2.60. The maximum absolute atomic E-state index is 10.7. The number of aliphatic carboxylic acids is 2. The van der Waals surface area contributed by atoms with Crippen molar-refractivity contribution in [2.24, 2.45) is 5.92 Å². The summed E-state index contributed by atoms with van der Waals surface area (Å²) in [4.78, 5) is 21.4. The number of allylic oxidation sites excluding steroid dienone is 2. The molecule has 0 saturated carbocycles. The molecule has 0 amide bonds. The van der Waals surface area contributed by atoms with Crippen molar-refractivity contribution in [2.75, 3.05) is 0 Å². The second-order valence-corrected chi connectivity index (χ2v) is 6.25. The lowest BCUT2D eigenvalue weighted by molar-refractivity contribution is -0.154. The van der Waals surface area contributed by atoms with Crippen LogP contribution < -0.4 is 0 Å². The zero-order valence-electron chi connectivity index (χ0n) is 14.6. The fourth-order valence-electron chi connectivity index (χ4n) is 2.60. The van der Waals surface area contributed by atoms with Crippen molar-refractivity contribution < 1.29 is 19.8 Å². The Kier molecular flexibility index (Phi) is 14.7. The Morgan fingerprint density at radius 1 is 0.739 bits per heavy atom. The topological polar surface area (TPSA) is 74.6 Å². The third-order valence-corrected chi connectivity index (χ3v) is 4.10. The van der Waals surface area contributed by atoms with E-state index in [4.69, 9.17) is 10.2 Å². The van der Waals surface area contributed by atoms with E-state index in [-0.39, 0.29) is 6.42 Å². The molecule has 0 fully saturated rings. The van der Waals surface area contributed by atoms with E-state index in [0.717, 1.165) is 25.7 Å². The molecule has 0 aromatic heterocycles. The van der Waals surface area contributed by atoms with Crippen molar-refractivity contribution in [1.29, 1.82) is 0 Å². The molecule has 0 aliphatic carbocycles. The summed E-state index contributed by atoms with van der Waals surface area (Å²) >= 11 is 0. The number of hydrogen-bond donors (Lipinski definition) is 2. The van der Waals surface area contributed by atoms with E-state index in [9.17, 15) is 9.59 Å². The Labute approximate surface area is 141 Å². The van der Waals surface area contributed by atoms with Gasteiger partial charge in [0.05, 0.1) is 0 Å². The van der Waals surface area contributed by atoms with Crippen molar-refractivity contribution in [1.82, 2.24) is 0 Å². The van der Waals surface area contributed by atoms with Gasteiger partial charge in [-0.05, 0) is 32.1 Å². The zero-order valence-corrected chi connectivity index (χ0v) is 14.6. The van der Waals surface area contributed by atoms with E-state index in [0.29, 0.717) is 6.42 Å². The lowest BCUT2D eigenvalue weighted by Crippen LogP contribution is -2.23. The lowest BCUT2D eigenvalue weighted by atomic mass is 10.0. The van der Waals surface area contributed by atoms with Gasteiger partial charge < -0.3 is 10.2 Å². The highest BCUT2D eigenvalue weighted by atomic mass is 16.4. The molecule has 2 N–H and O–H groups in total. The molecule has 0 aliphatic rings. The number of unbranched alkanes of at least 4 members (excludes halogenated alkanes) is 10. The number of carbonyl (C=O) groups is 2. The summed E-state index contributed by atoms with van der Waals surface area (Å²) in [5, 5.41) is 17.5. The Bertz CT molecular complexity index is 322. The van der Waals surface area contributed by atoms with Crippen LogP contribution >= 0.6 is 0 Å². The van der Waals surface area contributed by atoms with Crippen LogP contribution in [0.5, 0.6) is 0 Å². The lowest BCUT2D eigenvalue weighted by Gasteiger charge is -2.06. The first-order valence-electron chi connectivity index (χ1n) is 9.20. The molecular formula is C19H34O4. The van der Waals surface area contributed by atoms with Crippen LogP contribution in [-0.4, -0.2) is 22.2 Å². The van der Waals surface area contributed by atoms with Crippen LogP contribution in [0.1, 0.15) is 90.4 Å². The van der Waals surface area contributed by atoms with E-state index in [1.165, 1.54) is 44.9 Å². The summed E-state index contributed by atoms with van der Waals surface area (Å²) in [5.74, 6) is -3.70. The molecule has 0 spiro atoms. The average molecular weight is 326 g/mol. The SMILES string of the molecule is CCCCCCCC/C=C\CCCCCCC(C(=O)O)C(=O)O. The Morgan fingerprint density at radius 2 is 1.17 bits per heavy atom. The second-order valence-electron chi connectivity index (χ2n) is 6.25. The minimum Gasteiger partial charge on any atom is -0.481 e. The molecule has 0 aromatic carbocycles. The average Bonchev–Trinajstić information content (AvgIpc) is 2.50. The summed E-state index contributed by atoms with van der Waals surface area (Å²) in [6.07, 6.45) is 18.7. The second kappa shape index (κ2) is 15.6. The highest BCUT2D eigenvalue weighted by molar-refractivity contribution is 5.92. The van der Waals surface area contributed by atoms with E-state index < -0.39 is 17.9 Å². The Morgan fingerprint density at radius 3 is 1.65 bits per heavy atom. The van der Waals surface area contributed by atoms with Gasteiger partial charge in [0.25, 0.3) is 0 Å². The van der Waals surface area contributed by atoms with Crippen LogP contribution in [0.3, 0.4) is 0 Å². The first-order valence-corrected chi connectivity index (χ1v) is 9.20. The third kappa shape index (κ3) is 14.0. The van der Waals surface area contributed by atoms with Gasteiger partial charge in [-0.15, -0.1) is 0 Å². The van der Waals surface area contributed by atoms with Crippen molar-refractivity contribution in [3.63, 3.8) is 0 Å². The highest BCUT2D eigenvalue weighted by Gasteiger charge is 2.24. The van der Waals surface area contributed by atoms with Crippen LogP contribution in [0, 0.1) is 5.92 Å². The van der Waals surface area contributed by atoms with Crippen LogP contribution in [0.25, 0.3) is 0 Å². The van der Waals surface area contributed by atoms with Crippen LogP contribution in [0.15, 0.2) is 12.2 Å². The first kappa shape index (κ1) is 21.7. The summed E-state index contributed by atoms with van der Waals surface area (Å²) in [5.41, 5.74) is 0. The van der Waals surface area contributed by atoms with Crippen molar-refractivity contribution >= 4 is 11.9 Å². The maximum Gasteiger partial charge on any atom is 0.317 e. The quantitative estimate of drug-likeness (QED) is 0.226. The van der Waals surface area contributed by atoms with Gasteiger partial charge in [-0.3, -0.25) is 9.59 Å². The summed E-state index contributed by atoms with van der Waals surface area (Å²) < 4.78 is 0. The zero-order chi connectivity index (χ0) is 17.3. The molecule has 134 valence electrons. The van der Waals surface area contributed by atoms with Crippen LogP contribution in [-0.2, 0) is 9.59 Å². The number of carboxylic acid groups (broad SMARTS) is 2. The third-order valence-electron chi connectivity index (χ3n) is 4.10. The Balaban J connectivity index is 3.37. The molecule has 0 radical (unpaired) electrons. The van der Waals surface area contributed by atoms with Gasteiger partial charge in [0, 0.05) is 0 Å². The Hall–Kier alpha value is -1.32. The van der Waals surface area contributed by atoms with Gasteiger partial charge in [-0.2, -0.15) is 0 Å². The minimum atomic E-state index is -1.24. The van der Waals surface area contributed by atoms with E-state index in [1.807, 2.05) is 0 Å². The molecule has 4 nitrogen and oxygen atoms in total. The fraction of sp³-hybridized carbons (Fsp3) is 0.789. The number of carboxylic acids is 2. The number of hydrogen-bond acceptors (Lipinski definition) is 2. The maximum atomic E-state index is 10.7. The van der Waals surface area contributed by atoms with Crippen LogP contribution in [0.4, 0.5) is 0 Å². The molecule has 0 unspecified atom stereocenters. The molecule has 0 aromatic rings. The molecule has 0 atom stereocenters. The predicted molar refractivity (Wildman–Crippen MR) is 93.6 cm³/mol. The van der Waals surface area contributed by atoms with E-state index >= 15 is 0 Å². The standard InChI is InChI=1S/C19H34O4/c1-2-3-4-5-6-7-8-9-10-11-12-13-14-15-16-17(18(20)21)19(22)23/h9-10,17H,2-8,11-16H2,1H3,(H,20,21)(H,22,23)/b10-9-. The largest absolute Gasteiger partial charge is 0.481 e. The van der Waals surface area contributed by atoms with Gasteiger partial charge in [0.1, 0.15) is 0 Å². The monoisotopic (exact) mass is 326 g/mol. The van der Waals surface area contributed by atoms with Gasteiger partial charge >= 0.3 is 11.9 Å². The highest BCUT2D eigenvalue weighted by Crippen LogP contribution is 2.13. The molecule has 23 heavy (non-hydrogen) atoms. The summed E-state index contributed by atoms with van der Waals surface area (Å²) in [7, 11) is 0. The van der Waals surface area contributed by atoms with Gasteiger partial charge in [-0.25, -0.2) is 0 Å². The van der Waals surface area contributed by atoms with Crippen molar-refractivity contribution in [3.8, 4) is 0 Å². The predicted octanol–water partition coefficient (Wildman–Crippen LogP) is 5.42. The normalized spacial score (nSPS) is 11.4. The van der Waals surface area contributed by atoms with E-state index in [2.05, 4.69) is 19.1 Å². The van der Waals surface area contributed by atoms with Gasteiger partial charge in [-0.1, -0.05) is 70.4 Å². The molecule has 0 saturated heterocycles. The number of rotatable bonds is 16.